The highest BCUT2D eigenvalue weighted by molar-refractivity contribution is 5.94. The molecule has 0 aliphatic rings. The van der Waals surface area contributed by atoms with Crippen molar-refractivity contribution in [3.05, 3.63) is 65.5 Å². The Balaban J connectivity index is 2.02. The van der Waals surface area contributed by atoms with Gasteiger partial charge in [-0.2, -0.15) is 0 Å². The van der Waals surface area contributed by atoms with Crippen LogP contribution in [0.5, 0.6) is 5.75 Å². The lowest BCUT2D eigenvalue weighted by molar-refractivity contribution is 0.0785. The Morgan fingerprint density at radius 3 is 2.29 bits per heavy atom. The van der Waals surface area contributed by atoms with Crippen molar-refractivity contribution in [2.45, 2.75) is 13.5 Å². The van der Waals surface area contributed by atoms with Gasteiger partial charge in [-0.25, -0.2) is 4.39 Å². The number of nitrogens with zero attached hydrogens (tertiary/aromatic N) is 1. The highest BCUT2D eigenvalue weighted by Crippen LogP contribution is 2.14. The lowest BCUT2D eigenvalue weighted by Crippen LogP contribution is -2.26. The number of ether oxygens (including phenoxy) is 1. The molecule has 4 heteroatoms. The van der Waals surface area contributed by atoms with E-state index in [1.165, 1.54) is 12.1 Å². The first-order chi connectivity index (χ1) is 10.1. The number of halogens is 1. The van der Waals surface area contributed by atoms with Gasteiger partial charge >= 0.3 is 0 Å². The molecule has 21 heavy (non-hydrogen) atoms. The molecule has 0 unspecified atom stereocenters. The molecular formula is C17H18FNO2. The molecule has 0 spiro atoms. The summed E-state index contributed by atoms with van der Waals surface area (Å²) in [6.07, 6.45) is 0. The summed E-state index contributed by atoms with van der Waals surface area (Å²) in [5, 5.41) is 0. The molecule has 2 aromatic rings. The van der Waals surface area contributed by atoms with E-state index >= 15 is 0 Å². The molecule has 110 valence electrons. The second kappa shape index (κ2) is 6.88. The normalized spacial score (nSPS) is 10.2. The molecule has 2 aromatic carbocycles. The molecule has 3 nitrogen and oxygen atoms in total. The minimum Gasteiger partial charge on any atom is -0.494 e. The monoisotopic (exact) mass is 287 g/mol. The number of hydrogen-bond donors (Lipinski definition) is 0. The molecule has 0 aromatic heterocycles. The molecule has 0 aliphatic heterocycles. The average molecular weight is 287 g/mol. The van der Waals surface area contributed by atoms with Crippen LogP contribution >= 0.6 is 0 Å². The van der Waals surface area contributed by atoms with Crippen molar-refractivity contribution in [1.82, 2.24) is 4.90 Å². The predicted octanol–water partition coefficient (Wildman–Crippen LogP) is 3.50. The fourth-order valence-electron chi connectivity index (χ4n) is 2.02. The molecule has 0 N–H and O–H groups in total. The first kappa shape index (κ1) is 15.0. The van der Waals surface area contributed by atoms with Crippen LogP contribution in [-0.4, -0.2) is 24.5 Å². The van der Waals surface area contributed by atoms with Crippen LogP contribution in [0.25, 0.3) is 0 Å². The fourth-order valence-corrected chi connectivity index (χ4v) is 2.02. The molecule has 0 atom stereocenters. The Kier molecular flexibility index (Phi) is 4.93. The molecule has 0 fully saturated rings. The third-order valence-corrected chi connectivity index (χ3v) is 3.09. The quantitative estimate of drug-likeness (QED) is 0.842. The average Bonchev–Trinajstić information content (AvgIpc) is 2.50. The van der Waals surface area contributed by atoms with Gasteiger partial charge in [-0.05, 0) is 48.9 Å². The third-order valence-electron chi connectivity index (χ3n) is 3.09. The van der Waals surface area contributed by atoms with Gasteiger partial charge in [-0.3, -0.25) is 4.79 Å². The Morgan fingerprint density at radius 2 is 1.71 bits per heavy atom. The van der Waals surface area contributed by atoms with Crippen LogP contribution in [0, 0.1) is 5.82 Å². The Bertz CT molecular complexity index is 593. The van der Waals surface area contributed by atoms with Gasteiger partial charge < -0.3 is 9.64 Å². The van der Waals surface area contributed by atoms with E-state index in [2.05, 4.69) is 0 Å². The van der Waals surface area contributed by atoms with E-state index in [4.69, 9.17) is 4.74 Å². The summed E-state index contributed by atoms with van der Waals surface area (Å²) in [6.45, 7) is 2.94. The van der Waals surface area contributed by atoms with Gasteiger partial charge in [-0.15, -0.1) is 0 Å². The van der Waals surface area contributed by atoms with Crippen molar-refractivity contribution in [3.8, 4) is 5.75 Å². The molecule has 1 amide bonds. The molecular weight excluding hydrogens is 269 g/mol. The van der Waals surface area contributed by atoms with E-state index in [1.54, 1.807) is 48.3 Å². The maximum atomic E-state index is 12.9. The highest BCUT2D eigenvalue weighted by atomic mass is 19.1. The van der Waals surface area contributed by atoms with Gasteiger partial charge in [0.2, 0.25) is 0 Å². The number of amides is 1. The second-order valence-electron chi connectivity index (χ2n) is 4.75. The fraction of sp³-hybridized carbons (Fsp3) is 0.235. The minimum absolute atomic E-state index is 0.0811. The first-order valence-electron chi connectivity index (χ1n) is 6.83. The summed E-state index contributed by atoms with van der Waals surface area (Å²) in [5.74, 6) is 0.386. The van der Waals surface area contributed by atoms with Crippen molar-refractivity contribution >= 4 is 5.91 Å². The number of hydrogen-bond acceptors (Lipinski definition) is 2. The molecule has 0 radical (unpaired) electrons. The van der Waals surface area contributed by atoms with Crippen LogP contribution in [0.1, 0.15) is 22.8 Å². The smallest absolute Gasteiger partial charge is 0.253 e. The van der Waals surface area contributed by atoms with Gasteiger partial charge in [0.25, 0.3) is 5.91 Å². The zero-order valence-corrected chi connectivity index (χ0v) is 12.2. The van der Waals surface area contributed by atoms with Gasteiger partial charge in [0.05, 0.1) is 6.61 Å². The zero-order valence-electron chi connectivity index (χ0n) is 12.2. The van der Waals surface area contributed by atoms with Gasteiger partial charge in [0.1, 0.15) is 11.6 Å². The van der Waals surface area contributed by atoms with E-state index in [9.17, 15) is 9.18 Å². The molecule has 2 rings (SSSR count). The van der Waals surface area contributed by atoms with Crippen molar-refractivity contribution < 1.29 is 13.9 Å². The Hall–Kier alpha value is -2.36. The SMILES string of the molecule is CCOc1ccc(C(=O)N(C)Cc2ccc(F)cc2)cc1. The van der Waals surface area contributed by atoms with Gasteiger partial charge in [0, 0.05) is 19.2 Å². The Morgan fingerprint density at radius 1 is 1.10 bits per heavy atom. The standard InChI is InChI=1S/C17H18FNO2/c1-3-21-16-10-6-14(7-11-16)17(20)19(2)12-13-4-8-15(18)9-5-13/h4-11H,3,12H2,1-2H3. The summed E-state index contributed by atoms with van der Waals surface area (Å²) < 4.78 is 18.2. The number of carbonyl (C=O) groups is 1. The Labute approximate surface area is 124 Å². The topological polar surface area (TPSA) is 29.5 Å². The number of rotatable bonds is 5. The second-order valence-corrected chi connectivity index (χ2v) is 4.75. The van der Waals surface area contributed by atoms with Crippen LogP contribution in [0.3, 0.4) is 0 Å². The largest absolute Gasteiger partial charge is 0.494 e. The molecule has 0 heterocycles. The molecule has 0 aliphatic carbocycles. The molecule has 0 bridgehead atoms. The highest BCUT2D eigenvalue weighted by Gasteiger charge is 2.12. The van der Waals surface area contributed by atoms with Crippen molar-refractivity contribution in [2.24, 2.45) is 0 Å². The van der Waals surface area contributed by atoms with E-state index in [0.717, 1.165) is 11.3 Å². The van der Waals surface area contributed by atoms with E-state index in [1.807, 2.05) is 6.92 Å². The summed E-state index contributed by atoms with van der Waals surface area (Å²) >= 11 is 0. The van der Waals surface area contributed by atoms with Crippen LogP contribution < -0.4 is 4.74 Å². The van der Waals surface area contributed by atoms with Crippen LogP contribution in [0.2, 0.25) is 0 Å². The maximum absolute atomic E-state index is 12.9. The molecule has 0 saturated heterocycles. The zero-order chi connectivity index (χ0) is 15.2. The third kappa shape index (κ3) is 4.05. The van der Waals surface area contributed by atoms with E-state index in [-0.39, 0.29) is 11.7 Å². The summed E-state index contributed by atoms with van der Waals surface area (Å²) in [5.41, 5.74) is 1.49. The van der Waals surface area contributed by atoms with Gasteiger partial charge in [0.15, 0.2) is 0 Å². The lowest BCUT2D eigenvalue weighted by atomic mass is 10.1. The first-order valence-corrected chi connectivity index (χ1v) is 6.83. The predicted molar refractivity (Wildman–Crippen MR) is 79.8 cm³/mol. The van der Waals surface area contributed by atoms with Crippen molar-refractivity contribution in [1.29, 1.82) is 0 Å². The summed E-state index contributed by atoms with van der Waals surface area (Å²) in [4.78, 5) is 13.9. The summed E-state index contributed by atoms with van der Waals surface area (Å²) in [7, 11) is 1.72. The number of carbonyl (C=O) groups excluding carboxylic acids is 1. The van der Waals surface area contributed by atoms with E-state index in [0.29, 0.717) is 18.7 Å². The van der Waals surface area contributed by atoms with E-state index < -0.39 is 0 Å². The van der Waals surface area contributed by atoms with Crippen molar-refractivity contribution in [2.75, 3.05) is 13.7 Å². The minimum atomic E-state index is -0.278. The van der Waals surface area contributed by atoms with Crippen LogP contribution in [-0.2, 0) is 6.54 Å². The van der Waals surface area contributed by atoms with Crippen LogP contribution in [0.4, 0.5) is 4.39 Å². The van der Waals surface area contributed by atoms with Crippen molar-refractivity contribution in [3.63, 3.8) is 0 Å². The maximum Gasteiger partial charge on any atom is 0.253 e. The summed E-state index contributed by atoms with van der Waals surface area (Å²) in [6, 6.07) is 13.2. The lowest BCUT2D eigenvalue weighted by Gasteiger charge is -2.17. The number of benzene rings is 2. The van der Waals surface area contributed by atoms with Crippen LogP contribution in [0.15, 0.2) is 48.5 Å². The van der Waals surface area contributed by atoms with Gasteiger partial charge in [-0.1, -0.05) is 12.1 Å². The molecule has 0 saturated carbocycles.